The van der Waals surface area contributed by atoms with E-state index in [4.69, 9.17) is 4.74 Å². The highest BCUT2D eigenvalue weighted by molar-refractivity contribution is 6.06. The Morgan fingerprint density at radius 1 is 1.32 bits per heavy atom. The fourth-order valence-electron chi connectivity index (χ4n) is 2.52. The number of nitrogens with zero attached hydrogens (tertiary/aromatic N) is 3. The van der Waals surface area contributed by atoms with Crippen LogP contribution in [0.25, 0.3) is 16.9 Å². The molecule has 3 aromatic rings. The molecule has 0 aliphatic carbocycles. The number of rotatable bonds is 3. The van der Waals surface area contributed by atoms with Crippen LogP contribution in [0.2, 0.25) is 0 Å². The first-order chi connectivity index (χ1) is 10.6. The molecule has 0 saturated carbocycles. The third kappa shape index (κ3) is 2.22. The molecule has 0 fully saturated rings. The maximum Gasteiger partial charge on any atom is 0.340 e. The summed E-state index contributed by atoms with van der Waals surface area (Å²) in [4.78, 5) is 20.7. The molecule has 2 heterocycles. The third-order valence-corrected chi connectivity index (χ3v) is 3.40. The van der Waals surface area contributed by atoms with Crippen LogP contribution in [0.15, 0.2) is 36.7 Å². The zero-order valence-corrected chi connectivity index (χ0v) is 12.2. The molecule has 5 nitrogen and oxygen atoms in total. The lowest BCUT2D eigenvalue weighted by molar-refractivity contribution is 0.0527. The summed E-state index contributed by atoms with van der Waals surface area (Å²) >= 11 is 0. The van der Waals surface area contributed by atoms with E-state index in [9.17, 15) is 9.18 Å². The van der Waals surface area contributed by atoms with E-state index in [0.29, 0.717) is 28.1 Å². The van der Waals surface area contributed by atoms with Crippen molar-refractivity contribution in [2.75, 3.05) is 6.61 Å². The van der Waals surface area contributed by atoms with Gasteiger partial charge in [-0.15, -0.1) is 0 Å². The minimum absolute atomic E-state index is 0.252. The summed E-state index contributed by atoms with van der Waals surface area (Å²) in [5.74, 6) is -0.471. The molecule has 22 heavy (non-hydrogen) atoms. The van der Waals surface area contributed by atoms with Gasteiger partial charge in [0.25, 0.3) is 0 Å². The van der Waals surface area contributed by atoms with Crippen LogP contribution in [0, 0.1) is 12.7 Å². The summed E-state index contributed by atoms with van der Waals surface area (Å²) in [6.45, 7) is 3.75. The Morgan fingerprint density at radius 2 is 2.05 bits per heavy atom. The summed E-state index contributed by atoms with van der Waals surface area (Å²) in [6, 6.07) is 5.98. The first kappa shape index (κ1) is 14.2. The first-order valence-corrected chi connectivity index (χ1v) is 6.88. The quantitative estimate of drug-likeness (QED) is 0.697. The Labute approximate surface area is 126 Å². The number of hydrogen-bond acceptors (Lipinski definition) is 4. The van der Waals surface area contributed by atoms with Crippen molar-refractivity contribution in [3.8, 4) is 5.95 Å². The van der Waals surface area contributed by atoms with Gasteiger partial charge in [-0.05, 0) is 38.1 Å². The molecule has 3 rings (SSSR count). The summed E-state index contributed by atoms with van der Waals surface area (Å²) in [7, 11) is 0. The molecule has 0 radical (unpaired) electrons. The van der Waals surface area contributed by atoms with Crippen molar-refractivity contribution in [3.63, 3.8) is 0 Å². The van der Waals surface area contributed by atoms with E-state index in [1.54, 1.807) is 42.9 Å². The number of aromatic nitrogens is 3. The van der Waals surface area contributed by atoms with Crippen molar-refractivity contribution in [1.82, 2.24) is 14.5 Å². The number of halogens is 1. The zero-order valence-electron chi connectivity index (χ0n) is 12.2. The van der Waals surface area contributed by atoms with Crippen LogP contribution in [0.3, 0.4) is 0 Å². The third-order valence-electron chi connectivity index (χ3n) is 3.40. The van der Waals surface area contributed by atoms with Crippen molar-refractivity contribution in [3.05, 3.63) is 53.7 Å². The van der Waals surface area contributed by atoms with Crippen molar-refractivity contribution in [1.29, 1.82) is 0 Å². The van der Waals surface area contributed by atoms with Gasteiger partial charge in [-0.3, -0.25) is 4.57 Å². The molecule has 0 spiro atoms. The Kier molecular flexibility index (Phi) is 3.58. The fraction of sp³-hybridized carbons (Fsp3) is 0.188. The lowest BCUT2D eigenvalue weighted by Crippen LogP contribution is -2.08. The second kappa shape index (κ2) is 5.55. The highest BCUT2D eigenvalue weighted by Gasteiger charge is 2.23. The molecule has 0 aliphatic rings. The van der Waals surface area contributed by atoms with Crippen molar-refractivity contribution >= 4 is 16.9 Å². The van der Waals surface area contributed by atoms with Crippen LogP contribution in [-0.4, -0.2) is 27.1 Å². The monoisotopic (exact) mass is 299 g/mol. The molecule has 2 aromatic heterocycles. The highest BCUT2D eigenvalue weighted by atomic mass is 19.1. The second-order valence-electron chi connectivity index (χ2n) is 4.73. The van der Waals surface area contributed by atoms with Crippen LogP contribution >= 0.6 is 0 Å². The number of carbonyl (C=O) groups is 1. The molecule has 0 N–H and O–H groups in total. The van der Waals surface area contributed by atoms with Gasteiger partial charge in [0.05, 0.1) is 17.7 Å². The van der Waals surface area contributed by atoms with Crippen molar-refractivity contribution in [2.45, 2.75) is 13.8 Å². The van der Waals surface area contributed by atoms with E-state index >= 15 is 0 Å². The molecule has 0 amide bonds. The lowest BCUT2D eigenvalue weighted by Gasteiger charge is -2.06. The van der Waals surface area contributed by atoms with Crippen LogP contribution < -0.4 is 0 Å². The van der Waals surface area contributed by atoms with E-state index in [2.05, 4.69) is 9.97 Å². The summed E-state index contributed by atoms with van der Waals surface area (Å²) in [5, 5.41) is 0.489. The van der Waals surface area contributed by atoms with Crippen LogP contribution in [-0.2, 0) is 4.74 Å². The molecule has 0 bridgehead atoms. The number of ether oxygens (including phenoxy) is 1. The van der Waals surface area contributed by atoms with Gasteiger partial charge in [-0.1, -0.05) is 0 Å². The summed E-state index contributed by atoms with van der Waals surface area (Å²) in [6.07, 6.45) is 3.22. The largest absolute Gasteiger partial charge is 0.462 e. The van der Waals surface area contributed by atoms with Gasteiger partial charge in [-0.2, -0.15) is 0 Å². The Bertz CT molecular complexity index is 843. The van der Waals surface area contributed by atoms with E-state index in [0.717, 1.165) is 0 Å². The van der Waals surface area contributed by atoms with Crippen LogP contribution in [0.4, 0.5) is 4.39 Å². The summed E-state index contributed by atoms with van der Waals surface area (Å²) < 4.78 is 20.4. The number of benzene rings is 1. The van der Waals surface area contributed by atoms with Gasteiger partial charge in [0, 0.05) is 23.5 Å². The topological polar surface area (TPSA) is 57.0 Å². The molecule has 1 aromatic carbocycles. The summed E-state index contributed by atoms with van der Waals surface area (Å²) in [5.41, 5.74) is 1.61. The molecule has 0 unspecified atom stereocenters. The molecular weight excluding hydrogens is 285 g/mol. The maximum absolute atomic E-state index is 13.6. The smallest absolute Gasteiger partial charge is 0.340 e. The molecule has 112 valence electrons. The van der Waals surface area contributed by atoms with Gasteiger partial charge < -0.3 is 4.74 Å². The molecule has 6 heteroatoms. The fourth-order valence-corrected chi connectivity index (χ4v) is 2.52. The van der Waals surface area contributed by atoms with E-state index in [1.165, 1.54) is 12.1 Å². The van der Waals surface area contributed by atoms with Gasteiger partial charge in [0.1, 0.15) is 5.82 Å². The average Bonchev–Trinajstić information content (AvgIpc) is 2.79. The zero-order chi connectivity index (χ0) is 15.7. The molecule has 0 aliphatic heterocycles. The predicted octanol–water partition coefficient (Wildman–Crippen LogP) is 3.04. The molecule has 0 saturated heterocycles. The number of esters is 1. The predicted molar refractivity (Wildman–Crippen MR) is 79.5 cm³/mol. The van der Waals surface area contributed by atoms with Crippen LogP contribution in [0.5, 0.6) is 0 Å². The Morgan fingerprint density at radius 3 is 2.73 bits per heavy atom. The van der Waals surface area contributed by atoms with Gasteiger partial charge in [0.2, 0.25) is 5.95 Å². The minimum Gasteiger partial charge on any atom is -0.462 e. The van der Waals surface area contributed by atoms with Gasteiger partial charge in [0.15, 0.2) is 0 Å². The Hall–Kier alpha value is -2.76. The van der Waals surface area contributed by atoms with Gasteiger partial charge in [-0.25, -0.2) is 19.2 Å². The minimum atomic E-state index is -0.481. The van der Waals surface area contributed by atoms with Gasteiger partial charge >= 0.3 is 5.97 Å². The Balaban J connectivity index is 2.34. The number of fused-ring (bicyclic) bond motifs is 1. The standard InChI is InChI=1S/C16H14FN3O2/c1-3-22-15(21)14-10(2)20(16-18-7-4-8-19-16)13-6-5-11(17)9-12(13)14/h4-9H,3H2,1-2H3. The van der Waals surface area contributed by atoms with Crippen LogP contribution in [0.1, 0.15) is 23.0 Å². The normalized spacial score (nSPS) is 10.9. The average molecular weight is 299 g/mol. The molecular formula is C16H14FN3O2. The highest BCUT2D eigenvalue weighted by Crippen LogP contribution is 2.29. The number of hydrogen-bond donors (Lipinski definition) is 0. The number of carbonyl (C=O) groups excluding carboxylic acids is 1. The van der Waals surface area contributed by atoms with E-state index < -0.39 is 11.8 Å². The lowest BCUT2D eigenvalue weighted by atomic mass is 10.1. The maximum atomic E-state index is 13.6. The molecule has 0 atom stereocenters. The van der Waals surface area contributed by atoms with E-state index in [1.807, 2.05) is 0 Å². The van der Waals surface area contributed by atoms with Crippen molar-refractivity contribution in [2.24, 2.45) is 0 Å². The van der Waals surface area contributed by atoms with E-state index in [-0.39, 0.29) is 6.61 Å². The SMILES string of the molecule is CCOC(=O)c1c(C)n(-c2ncccn2)c2ccc(F)cc12. The second-order valence-corrected chi connectivity index (χ2v) is 4.73. The first-order valence-electron chi connectivity index (χ1n) is 6.88. The van der Waals surface area contributed by atoms with Crippen molar-refractivity contribution < 1.29 is 13.9 Å².